The molecule has 0 saturated carbocycles. The summed E-state index contributed by atoms with van der Waals surface area (Å²) in [6.45, 7) is 7.62. The molecule has 28 heavy (non-hydrogen) atoms. The lowest BCUT2D eigenvalue weighted by atomic mass is 9.96. The molecule has 2 bridgehead atoms. The van der Waals surface area contributed by atoms with E-state index in [1.165, 1.54) is 18.4 Å². The lowest BCUT2D eigenvalue weighted by Crippen LogP contribution is -2.51. The van der Waals surface area contributed by atoms with Gasteiger partial charge in [0, 0.05) is 52.9 Å². The van der Waals surface area contributed by atoms with Crippen LogP contribution >= 0.6 is 24.0 Å². The first-order valence-electron chi connectivity index (χ1n) is 10.4. The third kappa shape index (κ3) is 5.81. The monoisotopic (exact) mass is 499 g/mol. The molecule has 4 rings (SSSR count). The zero-order valence-corrected chi connectivity index (χ0v) is 19.2. The maximum absolute atomic E-state index is 5.92. The van der Waals surface area contributed by atoms with E-state index in [1.54, 1.807) is 0 Å². The summed E-state index contributed by atoms with van der Waals surface area (Å²) in [6.07, 6.45) is 4.39. The van der Waals surface area contributed by atoms with Gasteiger partial charge >= 0.3 is 0 Å². The molecule has 3 aliphatic rings. The van der Waals surface area contributed by atoms with Gasteiger partial charge in [-0.05, 0) is 24.8 Å². The molecule has 0 radical (unpaired) electrons. The fourth-order valence-corrected chi connectivity index (χ4v) is 4.51. The van der Waals surface area contributed by atoms with Crippen LogP contribution in [0.15, 0.2) is 35.3 Å². The Morgan fingerprint density at radius 1 is 1.11 bits per heavy atom. The van der Waals surface area contributed by atoms with Crippen molar-refractivity contribution in [2.45, 2.75) is 44.1 Å². The number of piperazine rings is 1. The van der Waals surface area contributed by atoms with Gasteiger partial charge in [-0.3, -0.25) is 14.8 Å². The molecule has 0 aromatic heterocycles. The summed E-state index contributed by atoms with van der Waals surface area (Å²) in [5, 5.41) is 7.04. The molecule has 0 aliphatic carbocycles. The van der Waals surface area contributed by atoms with Gasteiger partial charge in [0.15, 0.2) is 5.96 Å². The van der Waals surface area contributed by atoms with Crippen molar-refractivity contribution in [3.63, 3.8) is 0 Å². The van der Waals surface area contributed by atoms with E-state index >= 15 is 0 Å². The van der Waals surface area contributed by atoms with Crippen LogP contribution in [-0.4, -0.2) is 80.3 Å². The third-order valence-electron chi connectivity index (χ3n) is 6.09. The van der Waals surface area contributed by atoms with Crippen molar-refractivity contribution >= 4 is 29.9 Å². The van der Waals surface area contributed by atoms with E-state index in [0.29, 0.717) is 18.2 Å². The zero-order chi connectivity index (χ0) is 18.5. The molecule has 1 aromatic carbocycles. The Morgan fingerprint density at radius 2 is 1.86 bits per heavy atom. The summed E-state index contributed by atoms with van der Waals surface area (Å²) < 4.78 is 5.92. The van der Waals surface area contributed by atoms with E-state index < -0.39 is 0 Å². The van der Waals surface area contributed by atoms with Crippen molar-refractivity contribution in [1.29, 1.82) is 0 Å². The lowest BCUT2D eigenvalue weighted by Gasteiger charge is -2.34. The van der Waals surface area contributed by atoms with Crippen LogP contribution in [0.4, 0.5) is 0 Å². The molecular weight excluding hydrogens is 465 g/mol. The second-order valence-corrected chi connectivity index (χ2v) is 7.96. The second-order valence-electron chi connectivity index (χ2n) is 7.96. The number of aliphatic imine (C=N–C) groups is 1. The highest BCUT2D eigenvalue weighted by Crippen LogP contribution is 2.34. The molecule has 2 N–H and O–H groups in total. The molecule has 3 heterocycles. The van der Waals surface area contributed by atoms with Crippen LogP contribution in [0.2, 0.25) is 0 Å². The van der Waals surface area contributed by atoms with Gasteiger partial charge in [-0.15, -0.1) is 24.0 Å². The minimum Gasteiger partial charge on any atom is -0.373 e. The standard InChI is InChI=1S/C21H33N5O.HI/c1-22-21(24-19-15-18-7-8-20(19)27-18)23-9-10-25-11-13-26(14-12-25)16-17-5-3-2-4-6-17;/h2-6,18-20H,7-16H2,1H3,(H2,22,23,24);1H. The quantitative estimate of drug-likeness (QED) is 0.356. The van der Waals surface area contributed by atoms with Gasteiger partial charge in [0.1, 0.15) is 0 Å². The Hall–Kier alpha value is -0.900. The predicted molar refractivity (Wildman–Crippen MR) is 124 cm³/mol. The van der Waals surface area contributed by atoms with Crippen LogP contribution in [-0.2, 0) is 11.3 Å². The van der Waals surface area contributed by atoms with E-state index in [0.717, 1.165) is 58.2 Å². The maximum Gasteiger partial charge on any atom is 0.191 e. The lowest BCUT2D eigenvalue weighted by molar-refractivity contribution is 0.0992. The van der Waals surface area contributed by atoms with Crippen molar-refractivity contribution in [2.24, 2.45) is 4.99 Å². The van der Waals surface area contributed by atoms with Gasteiger partial charge in [-0.1, -0.05) is 30.3 Å². The van der Waals surface area contributed by atoms with Crippen molar-refractivity contribution in [3.05, 3.63) is 35.9 Å². The Balaban J connectivity index is 0.00000225. The van der Waals surface area contributed by atoms with Crippen molar-refractivity contribution < 1.29 is 4.74 Å². The highest BCUT2D eigenvalue weighted by Gasteiger charge is 2.41. The molecule has 3 unspecified atom stereocenters. The summed E-state index contributed by atoms with van der Waals surface area (Å²) in [4.78, 5) is 9.48. The molecule has 3 fully saturated rings. The van der Waals surface area contributed by atoms with E-state index in [1.807, 2.05) is 7.05 Å². The Bertz CT molecular complexity index is 620. The number of halogens is 1. The number of hydrogen-bond donors (Lipinski definition) is 2. The smallest absolute Gasteiger partial charge is 0.191 e. The average molecular weight is 499 g/mol. The van der Waals surface area contributed by atoms with Gasteiger partial charge < -0.3 is 15.4 Å². The van der Waals surface area contributed by atoms with Crippen molar-refractivity contribution in [3.8, 4) is 0 Å². The first-order chi connectivity index (χ1) is 13.3. The molecule has 3 aliphatic heterocycles. The van der Waals surface area contributed by atoms with Crippen molar-refractivity contribution in [2.75, 3.05) is 46.3 Å². The highest BCUT2D eigenvalue weighted by atomic mass is 127. The first kappa shape index (κ1) is 21.8. The number of benzene rings is 1. The van der Waals surface area contributed by atoms with Gasteiger partial charge in [0.25, 0.3) is 0 Å². The van der Waals surface area contributed by atoms with Crippen LogP contribution in [0.3, 0.4) is 0 Å². The van der Waals surface area contributed by atoms with Crippen LogP contribution in [0, 0.1) is 0 Å². The molecule has 0 spiro atoms. The number of fused-ring (bicyclic) bond motifs is 2. The van der Waals surface area contributed by atoms with E-state index in [9.17, 15) is 0 Å². The van der Waals surface area contributed by atoms with E-state index in [4.69, 9.17) is 4.74 Å². The van der Waals surface area contributed by atoms with Crippen LogP contribution in [0.5, 0.6) is 0 Å². The van der Waals surface area contributed by atoms with Crippen LogP contribution in [0.1, 0.15) is 24.8 Å². The van der Waals surface area contributed by atoms with Gasteiger partial charge in [-0.2, -0.15) is 0 Å². The number of nitrogens with one attached hydrogen (secondary N) is 2. The maximum atomic E-state index is 5.92. The first-order valence-corrected chi connectivity index (χ1v) is 10.4. The number of rotatable bonds is 6. The topological polar surface area (TPSA) is 52.1 Å². The largest absolute Gasteiger partial charge is 0.373 e. The van der Waals surface area contributed by atoms with Gasteiger partial charge in [0.05, 0.1) is 18.2 Å². The van der Waals surface area contributed by atoms with E-state index in [2.05, 4.69) is 55.8 Å². The summed E-state index contributed by atoms with van der Waals surface area (Å²) in [5.41, 5.74) is 1.41. The fraction of sp³-hybridized carbons (Fsp3) is 0.667. The fourth-order valence-electron chi connectivity index (χ4n) is 4.51. The Labute approximate surface area is 186 Å². The average Bonchev–Trinajstić information content (AvgIpc) is 3.32. The van der Waals surface area contributed by atoms with Crippen LogP contribution in [0.25, 0.3) is 0 Å². The van der Waals surface area contributed by atoms with Gasteiger partial charge in [0.2, 0.25) is 0 Å². The number of nitrogens with zero attached hydrogens (tertiary/aromatic N) is 3. The summed E-state index contributed by atoms with van der Waals surface area (Å²) >= 11 is 0. The highest BCUT2D eigenvalue weighted by molar-refractivity contribution is 14.0. The SMILES string of the molecule is CN=C(NCCN1CCN(Cc2ccccc2)CC1)NC1CC2CCC1O2.I. The minimum atomic E-state index is 0. The third-order valence-corrected chi connectivity index (χ3v) is 6.09. The summed E-state index contributed by atoms with van der Waals surface area (Å²) in [5.74, 6) is 0.916. The second kappa shape index (κ2) is 10.8. The van der Waals surface area contributed by atoms with Crippen molar-refractivity contribution in [1.82, 2.24) is 20.4 Å². The number of guanidine groups is 1. The molecular formula is C21H34IN5O. The zero-order valence-electron chi connectivity index (χ0n) is 16.8. The Morgan fingerprint density at radius 3 is 2.50 bits per heavy atom. The number of ether oxygens (including phenoxy) is 1. The molecule has 7 heteroatoms. The summed E-state index contributed by atoms with van der Waals surface area (Å²) in [7, 11) is 1.85. The molecule has 3 atom stereocenters. The molecule has 6 nitrogen and oxygen atoms in total. The minimum absolute atomic E-state index is 0. The van der Waals surface area contributed by atoms with Gasteiger partial charge in [-0.25, -0.2) is 0 Å². The normalized spacial score (nSPS) is 28.2. The molecule has 156 valence electrons. The van der Waals surface area contributed by atoms with Crippen LogP contribution < -0.4 is 10.6 Å². The van der Waals surface area contributed by atoms with E-state index in [-0.39, 0.29) is 24.0 Å². The number of hydrogen-bond acceptors (Lipinski definition) is 4. The summed E-state index contributed by atoms with van der Waals surface area (Å²) in [6, 6.07) is 11.2. The Kier molecular flexibility index (Phi) is 8.37. The molecule has 0 amide bonds. The predicted octanol–water partition coefficient (Wildman–Crippen LogP) is 1.91. The molecule has 1 aromatic rings. The molecule has 3 saturated heterocycles.